The lowest BCUT2D eigenvalue weighted by atomic mass is 10.0. The molecule has 0 fully saturated rings. The summed E-state index contributed by atoms with van der Waals surface area (Å²) in [5.41, 5.74) is 0. The summed E-state index contributed by atoms with van der Waals surface area (Å²) in [5, 5.41) is 11.9. The minimum atomic E-state index is -0.214. The van der Waals surface area contributed by atoms with Crippen molar-refractivity contribution in [1.82, 2.24) is 5.32 Å². The van der Waals surface area contributed by atoms with Gasteiger partial charge in [0.1, 0.15) is 0 Å². The van der Waals surface area contributed by atoms with Crippen molar-refractivity contribution < 1.29 is 14.6 Å². The number of rotatable bonds is 9. The molecule has 96 valence electrons. The van der Waals surface area contributed by atoms with Gasteiger partial charge in [-0.1, -0.05) is 13.3 Å². The van der Waals surface area contributed by atoms with Crippen LogP contribution in [0.4, 0.5) is 0 Å². The maximum absolute atomic E-state index is 11.2. The van der Waals surface area contributed by atoms with E-state index in [0.717, 1.165) is 25.8 Å². The van der Waals surface area contributed by atoms with E-state index < -0.39 is 0 Å². The van der Waals surface area contributed by atoms with Gasteiger partial charge in [-0.25, -0.2) is 0 Å². The summed E-state index contributed by atoms with van der Waals surface area (Å²) in [7, 11) is 0. The van der Waals surface area contributed by atoms with E-state index in [1.807, 2.05) is 13.8 Å². The predicted octanol–water partition coefficient (Wildman–Crippen LogP) is 1.33. The van der Waals surface area contributed by atoms with Crippen molar-refractivity contribution in [3.05, 3.63) is 0 Å². The van der Waals surface area contributed by atoms with Crippen LogP contribution in [0.15, 0.2) is 0 Å². The summed E-state index contributed by atoms with van der Waals surface area (Å²) in [6, 6.07) is 0. The molecule has 0 aliphatic carbocycles. The molecule has 0 bridgehead atoms. The second kappa shape index (κ2) is 9.60. The topological polar surface area (TPSA) is 58.6 Å². The Kier molecular flexibility index (Phi) is 9.24. The standard InChI is InChI=1S/C12H25NO3/c1-4-5-11(6-7-14)8-13-9-12(15)16-10(2)3/h10-11,13-14H,4-9H2,1-3H3. The van der Waals surface area contributed by atoms with Gasteiger partial charge in [0.25, 0.3) is 0 Å². The first-order valence-corrected chi connectivity index (χ1v) is 6.11. The number of esters is 1. The average Bonchev–Trinajstić information content (AvgIpc) is 2.17. The number of nitrogens with one attached hydrogen (secondary N) is 1. The molecule has 4 heteroatoms. The summed E-state index contributed by atoms with van der Waals surface area (Å²) in [6.45, 7) is 7.03. The molecule has 0 aliphatic rings. The number of hydrogen-bond donors (Lipinski definition) is 2. The Balaban J connectivity index is 3.63. The third kappa shape index (κ3) is 8.68. The van der Waals surface area contributed by atoms with E-state index in [2.05, 4.69) is 12.2 Å². The van der Waals surface area contributed by atoms with Gasteiger partial charge in [-0.05, 0) is 39.2 Å². The number of aliphatic hydroxyl groups excluding tert-OH is 1. The van der Waals surface area contributed by atoms with Gasteiger partial charge < -0.3 is 15.2 Å². The van der Waals surface area contributed by atoms with Gasteiger partial charge in [0.15, 0.2) is 0 Å². The van der Waals surface area contributed by atoms with Crippen LogP contribution in [0.5, 0.6) is 0 Å². The second-order valence-corrected chi connectivity index (χ2v) is 4.34. The first-order valence-electron chi connectivity index (χ1n) is 6.11. The Morgan fingerprint density at radius 2 is 2.06 bits per heavy atom. The fraction of sp³-hybridized carbons (Fsp3) is 0.917. The van der Waals surface area contributed by atoms with Crippen LogP contribution < -0.4 is 5.32 Å². The molecule has 0 amide bonds. The van der Waals surface area contributed by atoms with E-state index in [9.17, 15) is 4.79 Å². The smallest absolute Gasteiger partial charge is 0.320 e. The van der Waals surface area contributed by atoms with Crippen LogP contribution in [0.2, 0.25) is 0 Å². The Hall–Kier alpha value is -0.610. The van der Waals surface area contributed by atoms with E-state index in [0.29, 0.717) is 5.92 Å². The highest BCUT2D eigenvalue weighted by Crippen LogP contribution is 2.08. The van der Waals surface area contributed by atoms with Gasteiger partial charge in [-0.2, -0.15) is 0 Å². The molecular formula is C12H25NO3. The van der Waals surface area contributed by atoms with Crippen molar-refractivity contribution in [2.24, 2.45) is 5.92 Å². The third-order valence-electron chi connectivity index (χ3n) is 2.30. The van der Waals surface area contributed by atoms with Crippen LogP contribution >= 0.6 is 0 Å². The lowest BCUT2D eigenvalue weighted by Gasteiger charge is -2.15. The normalized spacial score (nSPS) is 12.8. The van der Waals surface area contributed by atoms with Gasteiger partial charge in [-0.15, -0.1) is 0 Å². The van der Waals surface area contributed by atoms with Gasteiger partial charge in [0.2, 0.25) is 0 Å². The Morgan fingerprint density at radius 3 is 2.56 bits per heavy atom. The fourth-order valence-corrected chi connectivity index (χ4v) is 1.62. The highest BCUT2D eigenvalue weighted by Gasteiger charge is 2.09. The molecule has 0 saturated heterocycles. The summed E-state index contributed by atoms with van der Waals surface area (Å²) >= 11 is 0. The van der Waals surface area contributed by atoms with Gasteiger partial charge in [0.05, 0.1) is 12.6 Å². The molecule has 0 spiro atoms. The molecule has 16 heavy (non-hydrogen) atoms. The molecule has 1 atom stereocenters. The molecule has 0 aromatic carbocycles. The molecule has 0 rings (SSSR count). The number of aliphatic hydroxyl groups is 1. The SMILES string of the molecule is CCCC(CCO)CNCC(=O)OC(C)C. The molecule has 0 aromatic heterocycles. The summed E-state index contributed by atoms with van der Waals surface area (Å²) in [4.78, 5) is 11.2. The second-order valence-electron chi connectivity index (χ2n) is 4.34. The van der Waals surface area contributed by atoms with Crippen molar-refractivity contribution in [3.63, 3.8) is 0 Å². The zero-order valence-electron chi connectivity index (χ0n) is 10.7. The summed E-state index contributed by atoms with van der Waals surface area (Å²) in [6.07, 6.45) is 2.91. The molecule has 1 unspecified atom stereocenters. The first-order chi connectivity index (χ1) is 7.60. The quantitative estimate of drug-likeness (QED) is 0.588. The Morgan fingerprint density at radius 1 is 1.38 bits per heavy atom. The van der Waals surface area contributed by atoms with Crippen LogP contribution in [0.3, 0.4) is 0 Å². The fourth-order valence-electron chi connectivity index (χ4n) is 1.62. The van der Waals surface area contributed by atoms with E-state index in [-0.39, 0.29) is 25.2 Å². The molecule has 0 saturated carbocycles. The Labute approximate surface area is 98.4 Å². The van der Waals surface area contributed by atoms with Gasteiger partial charge in [0, 0.05) is 6.61 Å². The molecule has 0 radical (unpaired) electrons. The van der Waals surface area contributed by atoms with Gasteiger partial charge >= 0.3 is 5.97 Å². The number of ether oxygens (including phenoxy) is 1. The van der Waals surface area contributed by atoms with Crippen molar-refractivity contribution in [2.75, 3.05) is 19.7 Å². The number of carbonyl (C=O) groups excluding carboxylic acids is 1. The molecular weight excluding hydrogens is 206 g/mol. The Bertz CT molecular complexity index is 177. The average molecular weight is 231 g/mol. The van der Waals surface area contributed by atoms with Crippen LogP contribution in [0.25, 0.3) is 0 Å². The minimum Gasteiger partial charge on any atom is -0.462 e. The maximum Gasteiger partial charge on any atom is 0.320 e. The summed E-state index contributed by atoms with van der Waals surface area (Å²) in [5.74, 6) is 0.232. The highest BCUT2D eigenvalue weighted by molar-refractivity contribution is 5.71. The van der Waals surface area contributed by atoms with Crippen LogP contribution in [-0.2, 0) is 9.53 Å². The lowest BCUT2D eigenvalue weighted by Crippen LogP contribution is -2.31. The van der Waals surface area contributed by atoms with Gasteiger partial charge in [-0.3, -0.25) is 4.79 Å². The van der Waals surface area contributed by atoms with E-state index >= 15 is 0 Å². The van der Waals surface area contributed by atoms with E-state index in [1.54, 1.807) is 0 Å². The van der Waals surface area contributed by atoms with E-state index in [4.69, 9.17) is 9.84 Å². The number of hydrogen-bond acceptors (Lipinski definition) is 4. The molecule has 4 nitrogen and oxygen atoms in total. The van der Waals surface area contributed by atoms with Crippen molar-refractivity contribution in [1.29, 1.82) is 0 Å². The van der Waals surface area contributed by atoms with Crippen LogP contribution in [0.1, 0.15) is 40.0 Å². The zero-order valence-corrected chi connectivity index (χ0v) is 10.7. The van der Waals surface area contributed by atoms with Crippen LogP contribution in [-0.4, -0.2) is 36.9 Å². The first kappa shape index (κ1) is 15.4. The molecule has 0 heterocycles. The highest BCUT2D eigenvalue weighted by atomic mass is 16.5. The minimum absolute atomic E-state index is 0.0572. The molecule has 0 aliphatic heterocycles. The van der Waals surface area contributed by atoms with E-state index in [1.165, 1.54) is 0 Å². The number of carbonyl (C=O) groups is 1. The van der Waals surface area contributed by atoms with Crippen molar-refractivity contribution in [2.45, 2.75) is 46.1 Å². The molecule has 0 aromatic rings. The lowest BCUT2D eigenvalue weighted by molar-refractivity contribution is -0.146. The maximum atomic E-state index is 11.2. The zero-order chi connectivity index (χ0) is 12.4. The predicted molar refractivity (Wildman–Crippen MR) is 64.2 cm³/mol. The van der Waals surface area contributed by atoms with Crippen LogP contribution in [0, 0.1) is 5.92 Å². The molecule has 2 N–H and O–H groups in total. The van der Waals surface area contributed by atoms with Crippen molar-refractivity contribution in [3.8, 4) is 0 Å². The summed E-state index contributed by atoms with van der Waals surface area (Å²) < 4.78 is 5.00. The van der Waals surface area contributed by atoms with Crippen molar-refractivity contribution >= 4 is 5.97 Å². The largest absolute Gasteiger partial charge is 0.462 e. The monoisotopic (exact) mass is 231 g/mol. The third-order valence-corrected chi connectivity index (χ3v) is 2.30.